The lowest BCUT2D eigenvalue weighted by atomic mass is 9.93. The predicted molar refractivity (Wildman–Crippen MR) is 85.5 cm³/mol. The van der Waals surface area contributed by atoms with Gasteiger partial charge in [0, 0.05) is 24.4 Å². The smallest absolute Gasteiger partial charge is 0.119 e. The lowest BCUT2D eigenvalue weighted by Gasteiger charge is -2.20. The van der Waals surface area contributed by atoms with Crippen molar-refractivity contribution in [3.8, 4) is 5.75 Å². The van der Waals surface area contributed by atoms with Gasteiger partial charge in [-0.25, -0.2) is 4.98 Å². The van der Waals surface area contributed by atoms with Crippen molar-refractivity contribution in [3.05, 3.63) is 48.0 Å². The van der Waals surface area contributed by atoms with Gasteiger partial charge < -0.3 is 15.0 Å². The molecule has 0 saturated heterocycles. The summed E-state index contributed by atoms with van der Waals surface area (Å²) < 4.78 is 7.96. The van der Waals surface area contributed by atoms with Crippen LogP contribution in [0.4, 0.5) is 0 Å². The summed E-state index contributed by atoms with van der Waals surface area (Å²) in [6.07, 6.45) is 3.78. The maximum Gasteiger partial charge on any atom is 0.119 e. The van der Waals surface area contributed by atoms with Crippen molar-refractivity contribution in [1.29, 1.82) is 0 Å². The molecule has 1 aromatic carbocycles. The Morgan fingerprint density at radius 2 is 2.14 bits per heavy atom. The van der Waals surface area contributed by atoms with Gasteiger partial charge in [-0.3, -0.25) is 0 Å². The Kier molecular flexibility index (Phi) is 5.39. The van der Waals surface area contributed by atoms with Crippen molar-refractivity contribution in [2.45, 2.75) is 33.2 Å². The molecule has 0 spiro atoms. The number of ether oxygens (including phenoxy) is 1. The molecule has 0 bridgehead atoms. The molecule has 0 aliphatic heterocycles. The number of rotatable bonds is 7. The van der Waals surface area contributed by atoms with Gasteiger partial charge >= 0.3 is 0 Å². The highest BCUT2D eigenvalue weighted by atomic mass is 16.5. The number of nitrogens with zero attached hydrogens (tertiary/aromatic N) is 2. The number of nitrogens with two attached hydrogens (primary N) is 1. The molecule has 0 radical (unpaired) electrons. The Morgan fingerprint density at radius 1 is 1.33 bits per heavy atom. The summed E-state index contributed by atoms with van der Waals surface area (Å²) in [5.74, 6) is 1.76. The fourth-order valence-electron chi connectivity index (χ4n) is 2.53. The molecule has 4 nitrogen and oxygen atoms in total. The minimum absolute atomic E-state index is 0.339. The highest BCUT2D eigenvalue weighted by Crippen LogP contribution is 2.23. The first-order valence-corrected chi connectivity index (χ1v) is 7.51. The van der Waals surface area contributed by atoms with Gasteiger partial charge in [0.05, 0.1) is 12.9 Å². The number of aryl methyl sites for hydroxylation is 1. The van der Waals surface area contributed by atoms with Gasteiger partial charge in [-0.2, -0.15) is 0 Å². The molecule has 2 aromatic rings. The topological polar surface area (TPSA) is 53.1 Å². The van der Waals surface area contributed by atoms with Crippen LogP contribution in [0.15, 0.2) is 36.8 Å². The third-order valence-corrected chi connectivity index (χ3v) is 3.77. The zero-order valence-corrected chi connectivity index (χ0v) is 13.1. The minimum Gasteiger partial charge on any atom is -0.492 e. The van der Waals surface area contributed by atoms with E-state index < -0.39 is 0 Å². The molecule has 0 saturated carbocycles. The second-order valence-corrected chi connectivity index (χ2v) is 5.76. The standard InChI is InChI=1S/C17H25N3O/c1-13(2)16(10-18)17-11-19-12-20(17)7-8-21-15-6-4-5-14(3)9-15/h4-6,9,11-13,16H,7-8,10,18H2,1-3H3. The van der Waals surface area contributed by atoms with Crippen LogP contribution in [0.1, 0.15) is 31.0 Å². The molecular formula is C17H25N3O. The summed E-state index contributed by atoms with van der Waals surface area (Å²) in [4.78, 5) is 4.26. The van der Waals surface area contributed by atoms with Crippen LogP contribution < -0.4 is 10.5 Å². The van der Waals surface area contributed by atoms with Crippen LogP contribution in [0.25, 0.3) is 0 Å². The van der Waals surface area contributed by atoms with E-state index in [1.807, 2.05) is 30.7 Å². The highest BCUT2D eigenvalue weighted by molar-refractivity contribution is 5.27. The van der Waals surface area contributed by atoms with Crippen LogP contribution in [0.3, 0.4) is 0 Å². The maximum atomic E-state index is 5.90. The molecule has 1 heterocycles. The molecule has 1 aromatic heterocycles. The summed E-state index contributed by atoms with van der Waals surface area (Å²) in [6, 6.07) is 8.11. The van der Waals surface area contributed by atoms with E-state index in [0.29, 0.717) is 25.0 Å². The first-order valence-electron chi connectivity index (χ1n) is 7.51. The van der Waals surface area contributed by atoms with E-state index in [-0.39, 0.29) is 0 Å². The van der Waals surface area contributed by atoms with Crippen LogP contribution in [0.5, 0.6) is 5.75 Å². The molecule has 0 aliphatic carbocycles. The Labute approximate surface area is 127 Å². The van der Waals surface area contributed by atoms with Crippen molar-refractivity contribution < 1.29 is 4.74 Å². The molecule has 1 atom stereocenters. The zero-order chi connectivity index (χ0) is 15.2. The van der Waals surface area contributed by atoms with E-state index in [0.717, 1.165) is 12.3 Å². The SMILES string of the molecule is Cc1cccc(OCCn2cncc2C(CN)C(C)C)c1. The van der Waals surface area contributed by atoms with Crippen molar-refractivity contribution in [1.82, 2.24) is 9.55 Å². The zero-order valence-electron chi connectivity index (χ0n) is 13.1. The summed E-state index contributed by atoms with van der Waals surface area (Å²) >= 11 is 0. The monoisotopic (exact) mass is 287 g/mol. The van der Waals surface area contributed by atoms with Gasteiger partial charge in [0.15, 0.2) is 0 Å². The molecule has 0 amide bonds. The van der Waals surface area contributed by atoms with Gasteiger partial charge in [-0.05, 0) is 30.5 Å². The number of hydrogen-bond acceptors (Lipinski definition) is 3. The largest absolute Gasteiger partial charge is 0.492 e. The van der Waals surface area contributed by atoms with Gasteiger partial charge in [-0.15, -0.1) is 0 Å². The van der Waals surface area contributed by atoms with E-state index >= 15 is 0 Å². The molecule has 0 aliphatic rings. The maximum absolute atomic E-state index is 5.90. The van der Waals surface area contributed by atoms with E-state index in [1.54, 1.807) is 0 Å². The Balaban J connectivity index is 1.96. The van der Waals surface area contributed by atoms with E-state index in [4.69, 9.17) is 10.5 Å². The van der Waals surface area contributed by atoms with Crippen LogP contribution in [0.2, 0.25) is 0 Å². The van der Waals surface area contributed by atoms with Gasteiger partial charge in [0.1, 0.15) is 12.4 Å². The van der Waals surface area contributed by atoms with Gasteiger partial charge in [-0.1, -0.05) is 26.0 Å². The minimum atomic E-state index is 0.339. The Hall–Kier alpha value is -1.81. The van der Waals surface area contributed by atoms with Crippen molar-refractivity contribution in [2.75, 3.05) is 13.2 Å². The molecule has 114 valence electrons. The summed E-state index contributed by atoms with van der Waals surface area (Å²) in [5.41, 5.74) is 8.30. The second-order valence-electron chi connectivity index (χ2n) is 5.76. The lowest BCUT2D eigenvalue weighted by molar-refractivity contribution is 0.293. The Morgan fingerprint density at radius 3 is 2.81 bits per heavy atom. The normalized spacial score (nSPS) is 12.6. The van der Waals surface area contributed by atoms with Crippen molar-refractivity contribution >= 4 is 0 Å². The summed E-state index contributed by atoms with van der Waals surface area (Å²) in [6.45, 7) is 8.50. The van der Waals surface area contributed by atoms with Gasteiger partial charge in [0.25, 0.3) is 0 Å². The Bertz CT molecular complexity index is 563. The van der Waals surface area contributed by atoms with E-state index in [1.165, 1.54) is 11.3 Å². The fourth-order valence-corrected chi connectivity index (χ4v) is 2.53. The average molecular weight is 287 g/mol. The van der Waals surface area contributed by atoms with Crippen molar-refractivity contribution in [3.63, 3.8) is 0 Å². The molecule has 2 N–H and O–H groups in total. The second kappa shape index (κ2) is 7.27. The van der Waals surface area contributed by atoms with E-state index in [9.17, 15) is 0 Å². The lowest BCUT2D eigenvalue weighted by Crippen LogP contribution is -2.22. The van der Waals surface area contributed by atoms with Crippen LogP contribution in [0, 0.1) is 12.8 Å². The summed E-state index contributed by atoms with van der Waals surface area (Å²) in [7, 11) is 0. The molecule has 4 heteroatoms. The molecular weight excluding hydrogens is 262 g/mol. The van der Waals surface area contributed by atoms with Crippen LogP contribution in [-0.4, -0.2) is 22.7 Å². The molecule has 2 rings (SSSR count). The van der Waals surface area contributed by atoms with E-state index in [2.05, 4.69) is 36.4 Å². The molecule has 1 unspecified atom stereocenters. The van der Waals surface area contributed by atoms with Gasteiger partial charge in [0.2, 0.25) is 0 Å². The highest BCUT2D eigenvalue weighted by Gasteiger charge is 2.18. The fraction of sp³-hybridized carbons (Fsp3) is 0.471. The first kappa shape index (κ1) is 15.6. The number of benzene rings is 1. The van der Waals surface area contributed by atoms with Crippen LogP contribution >= 0.6 is 0 Å². The quantitative estimate of drug-likeness (QED) is 0.851. The molecule has 21 heavy (non-hydrogen) atoms. The summed E-state index contributed by atoms with van der Waals surface area (Å²) in [5, 5.41) is 0. The number of hydrogen-bond donors (Lipinski definition) is 1. The van der Waals surface area contributed by atoms with Crippen molar-refractivity contribution in [2.24, 2.45) is 11.7 Å². The third kappa shape index (κ3) is 4.08. The predicted octanol–water partition coefficient (Wildman–Crippen LogP) is 2.97. The van der Waals surface area contributed by atoms with Crippen LogP contribution in [-0.2, 0) is 6.54 Å². The average Bonchev–Trinajstić information content (AvgIpc) is 2.88. The number of imidazole rings is 1. The molecule has 0 fully saturated rings. The first-order chi connectivity index (χ1) is 10.1. The third-order valence-electron chi connectivity index (χ3n) is 3.77. The number of aromatic nitrogens is 2.